The van der Waals surface area contributed by atoms with Crippen LogP contribution >= 0.6 is 0 Å². The van der Waals surface area contributed by atoms with Crippen LogP contribution in [0.2, 0.25) is 0 Å². The Balaban J connectivity index is 1.99. The van der Waals surface area contributed by atoms with Gasteiger partial charge in [-0.3, -0.25) is 0 Å². The molecule has 1 amide bonds. The van der Waals surface area contributed by atoms with Crippen molar-refractivity contribution in [2.75, 3.05) is 18.9 Å². The van der Waals surface area contributed by atoms with Crippen LogP contribution in [0.5, 0.6) is 11.5 Å². The number of benzene rings is 2. The number of hydrogen-bond donors (Lipinski definition) is 2. The standard InChI is InChI=1S/C24H31FN2O4/c1-23(2,3)31-22(29)27(14-24(4,5)15-6-9-18(25)20(28)12-15)19-10-11-30-21-13-16(26)7-8-17(19)21/h6-9,12-13,19,28H,10-11,14,26H2,1-5H3. The van der Waals surface area contributed by atoms with Gasteiger partial charge in [0.1, 0.15) is 11.4 Å². The SMILES string of the molecule is CC(C)(C)OC(=O)N(CC(C)(C)c1ccc(F)c(O)c1)C1CCOc2cc(N)ccc21. The Labute approximate surface area is 182 Å². The molecule has 3 rings (SSSR count). The molecule has 0 radical (unpaired) electrons. The summed E-state index contributed by atoms with van der Waals surface area (Å²) in [5.41, 5.74) is 6.82. The summed E-state index contributed by atoms with van der Waals surface area (Å²) in [5, 5.41) is 9.86. The fraction of sp³-hybridized carbons (Fsp3) is 0.458. The molecule has 1 aliphatic heterocycles. The van der Waals surface area contributed by atoms with Crippen molar-refractivity contribution in [2.45, 2.75) is 58.1 Å². The summed E-state index contributed by atoms with van der Waals surface area (Å²) >= 11 is 0. The smallest absolute Gasteiger partial charge is 0.410 e. The van der Waals surface area contributed by atoms with Crippen molar-refractivity contribution in [1.29, 1.82) is 0 Å². The predicted octanol–water partition coefficient (Wildman–Crippen LogP) is 5.15. The summed E-state index contributed by atoms with van der Waals surface area (Å²) in [6, 6.07) is 9.42. The van der Waals surface area contributed by atoms with Gasteiger partial charge in [-0.05, 0) is 44.5 Å². The van der Waals surface area contributed by atoms with Crippen LogP contribution in [0.3, 0.4) is 0 Å². The lowest BCUT2D eigenvalue weighted by Crippen LogP contribution is -2.46. The summed E-state index contributed by atoms with van der Waals surface area (Å²) < 4.78 is 25.1. The highest BCUT2D eigenvalue weighted by atomic mass is 19.1. The van der Waals surface area contributed by atoms with Gasteiger partial charge in [-0.1, -0.05) is 26.0 Å². The number of rotatable bonds is 4. The Morgan fingerprint density at radius 3 is 2.58 bits per heavy atom. The summed E-state index contributed by atoms with van der Waals surface area (Å²) in [4.78, 5) is 15.0. The largest absolute Gasteiger partial charge is 0.505 e. The molecule has 0 bridgehead atoms. The quantitative estimate of drug-likeness (QED) is 0.655. The monoisotopic (exact) mass is 430 g/mol. The normalized spacial score (nSPS) is 16.3. The number of fused-ring (bicyclic) bond motifs is 1. The van der Waals surface area contributed by atoms with E-state index >= 15 is 0 Å². The molecule has 6 nitrogen and oxygen atoms in total. The molecule has 2 aromatic rings. The number of anilines is 1. The van der Waals surface area contributed by atoms with Crippen LogP contribution in [0, 0.1) is 5.82 Å². The van der Waals surface area contributed by atoms with Crippen LogP contribution < -0.4 is 10.5 Å². The van der Waals surface area contributed by atoms with Crippen molar-refractivity contribution in [3.63, 3.8) is 0 Å². The molecule has 1 heterocycles. The number of hydrogen-bond acceptors (Lipinski definition) is 5. The Morgan fingerprint density at radius 1 is 1.23 bits per heavy atom. The van der Waals surface area contributed by atoms with E-state index in [-0.39, 0.29) is 6.04 Å². The highest BCUT2D eigenvalue weighted by molar-refractivity contribution is 5.70. The maximum atomic E-state index is 13.6. The van der Waals surface area contributed by atoms with E-state index in [4.69, 9.17) is 15.2 Å². The fourth-order valence-corrected chi connectivity index (χ4v) is 3.78. The third kappa shape index (κ3) is 5.21. The maximum Gasteiger partial charge on any atom is 0.410 e. The molecule has 0 aliphatic carbocycles. The topological polar surface area (TPSA) is 85.0 Å². The van der Waals surface area contributed by atoms with Gasteiger partial charge in [0, 0.05) is 35.7 Å². The van der Waals surface area contributed by atoms with Gasteiger partial charge in [-0.2, -0.15) is 0 Å². The Bertz CT molecular complexity index is 969. The van der Waals surface area contributed by atoms with Crippen molar-refractivity contribution in [3.05, 3.63) is 53.3 Å². The lowest BCUT2D eigenvalue weighted by Gasteiger charge is -2.41. The number of carbonyl (C=O) groups excluding carboxylic acids is 1. The molecule has 2 aromatic carbocycles. The number of nitrogens with zero attached hydrogens (tertiary/aromatic N) is 1. The van der Waals surface area contributed by atoms with Gasteiger partial charge in [0.05, 0.1) is 12.6 Å². The lowest BCUT2D eigenvalue weighted by atomic mass is 9.83. The van der Waals surface area contributed by atoms with E-state index in [2.05, 4.69) is 0 Å². The number of ether oxygens (including phenoxy) is 2. The first kappa shape index (κ1) is 22.7. The van der Waals surface area contributed by atoms with E-state index in [9.17, 15) is 14.3 Å². The van der Waals surface area contributed by atoms with Gasteiger partial charge in [0.25, 0.3) is 0 Å². The molecule has 0 aromatic heterocycles. The third-order valence-electron chi connectivity index (χ3n) is 5.34. The van der Waals surface area contributed by atoms with Gasteiger partial charge < -0.3 is 25.2 Å². The highest BCUT2D eigenvalue weighted by Crippen LogP contribution is 2.40. The van der Waals surface area contributed by atoms with Crippen LogP contribution in [0.25, 0.3) is 0 Å². The molecule has 168 valence electrons. The van der Waals surface area contributed by atoms with Crippen molar-refractivity contribution >= 4 is 11.8 Å². The van der Waals surface area contributed by atoms with Crippen LogP contribution in [-0.2, 0) is 10.2 Å². The number of amides is 1. The van der Waals surface area contributed by atoms with Gasteiger partial charge in [-0.15, -0.1) is 0 Å². The van der Waals surface area contributed by atoms with E-state index in [1.54, 1.807) is 23.1 Å². The van der Waals surface area contributed by atoms with Gasteiger partial charge >= 0.3 is 6.09 Å². The van der Waals surface area contributed by atoms with Gasteiger partial charge in [0.15, 0.2) is 11.6 Å². The molecule has 0 saturated heterocycles. The minimum atomic E-state index is -0.681. The average molecular weight is 431 g/mol. The zero-order valence-electron chi connectivity index (χ0n) is 18.7. The number of phenols is 1. The molecule has 31 heavy (non-hydrogen) atoms. The van der Waals surface area contributed by atoms with Crippen LogP contribution in [0.1, 0.15) is 58.2 Å². The van der Waals surface area contributed by atoms with Gasteiger partial charge in [-0.25, -0.2) is 9.18 Å². The molecule has 1 unspecified atom stereocenters. The summed E-state index contributed by atoms with van der Waals surface area (Å²) in [7, 11) is 0. The van der Waals surface area contributed by atoms with E-state index in [1.165, 1.54) is 12.1 Å². The molecule has 0 spiro atoms. The van der Waals surface area contributed by atoms with E-state index in [0.29, 0.717) is 36.6 Å². The number of phenolic OH excluding ortho intramolecular Hbond substituents is 1. The Kier molecular flexibility index (Phi) is 6.07. The van der Waals surface area contributed by atoms with E-state index < -0.39 is 28.7 Å². The Hall–Kier alpha value is -2.96. The van der Waals surface area contributed by atoms with Crippen LogP contribution in [0.15, 0.2) is 36.4 Å². The van der Waals surface area contributed by atoms with Crippen molar-refractivity contribution in [2.24, 2.45) is 0 Å². The molecule has 1 aliphatic rings. The molecule has 7 heteroatoms. The molecular formula is C24H31FN2O4. The summed E-state index contributed by atoms with van der Waals surface area (Å²) in [6.07, 6.45) is 0.155. The summed E-state index contributed by atoms with van der Waals surface area (Å²) in [5.74, 6) is -0.442. The predicted molar refractivity (Wildman–Crippen MR) is 118 cm³/mol. The Morgan fingerprint density at radius 2 is 1.94 bits per heavy atom. The fourth-order valence-electron chi connectivity index (χ4n) is 3.78. The lowest BCUT2D eigenvalue weighted by molar-refractivity contribution is 0.00673. The average Bonchev–Trinajstić information content (AvgIpc) is 2.66. The van der Waals surface area contributed by atoms with E-state index in [1.807, 2.05) is 40.7 Å². The molecule has 1 atom stereocenters. The zero-order valence-corrected chi connectivity index (χ0v) is 18.7. The van der Waals surface area contributed by atoms with Crippen molar-refractivity contribution < 1.29 is 23.8 Å². The van der Waals surface area contributed by atoms with Crippen molar-refractivity contribution in [3.8, 4) is 11.5 Å². The first-order chi connectivity index (χ1) is 14.4. The minimum Gasteiger partial charge on any atom is -0.505 e. The highest BCUT2D eigenvalue weighted by Gasteiger charge is 2.37. The maximum absolute atomic E-state index is 13.6. The number of carbonyl (C=O) groups is 1. The number of halogens is 1. The van der Waals surface area contributed by atoms with Crippen LogP contribution in [-0.4, -0.2) is 34.9 Å². The first-order valence-electron chi connectivity index (χ1n) is 10.4. The summed E-state index contributed by atoms with van der Waals surface area (Å²) in [6.45, 7) is 10.1. The van der Waals surface area contributed by atoms with E-state index in [0.717, 1.165) is 5.56 Å². The molecule has 0 fully saturated rings. The molecular weight excluding hydrogens is 399 g/mol. The van der Waals surface area contributed by atoms with Crippen molar-refractivity contribution in [1.82, 2.24) is 4.90 Å². The second-order valence-electron chi connectivity index (χ2n) is 9.61. The second-order valence-corrected chi connectivity index (χ2v) is 9.61. The second kappa shape index (κ2) is 8.29. The third-order valence-corrected chi connectivity index (χ3v) is 5.34. The molecule has 0 saturated carbocycles. The minimum absolute atomic E-state index is 0.271. The number of aromatic hydroxyl groups is 1. The zero-order chi connectivity index (χ0) is 23.0. The first-order valence-corrected chi connectivity index (χ1v) is 10.4. The molecule has 3 N–H and O–H groups in total. The van der Waals surface area contributed by atoms with Crippen LogP contribution in [0.4, 0.5) is 14.9 Å². The number of nitrogen functional groups attached to an aromatic ring is 1. The number of nitrogens with two attached hydrogens (primary N) is 1. The van der Waals surface area contributed by atoms with Gasteiger partial charge in [0.2, 0.25) is 0 Å².